The van der Waals surface area contributed by atoms with E-state index in [-0.39, 0.29) is 29.5 Å². The molecule has 4 aromatic rings. The van der Waals surface area contributed by atoms with Crippen LogP contribution in [0.4, 0.5) is 20.3 Å². The van der Waals surface area contributed by atoms with Crippen molar-refractivity contribution >= 4 is 45.4 Å². The number of anilines is 2. The van der Waals surface area contributed by atoms with Crippen LogP contribution in [0, 0.1) is 11.7 Å². The number of benzene rings is 1. The van der Waals surface area contributed by atoms with E-state index >= 15 is 4.39 Å². The summed E-state index contributed by atoms with van der Waals surface area (Å²) in [4.78, 5) is 13.8. The molecular weight excluding hydrogens is 466 g/mol. The van der Waals surface area contributed by atoms with Crippen molar-refractivity contribution in [1.29, 1.82) is 0 Å². The Hall–Kier alpha value is -3.24. The zero-order valence-corrected chi connectivity index (χ0v) is 18.9. The number of halogens is 3. The Bertz CT molecular complexity index is 1450. The zero-order chi connectivity index (χ0) is 23.7. The second-order valence-electron chi connectivity index (χ2n) is 9.06. The van der Waals surface area contributed by atoms with Crippen molar-refractivity contribution in [3.63, 3.8) is 0 Å². The van der Waals surface area contributed by atoms with Gasteiger partial charge in [0.2, 0.25) is 5.91 Å². The number of nitrogens with one attached hydrogen (secondary N) is 2. The van der Waals surface area contributed by atoms with Crippen LogP contribution in [0.2, 0.25) is 5.02 Å². The maximum Gasteiger partial charge on any atom is 0.231 e. The minimum absolute atomic E-state index is 0.0120. The molecule has 2 unspecified atom stereocenters. The normalized spacial score (nSPS) is 23.8. The van der Waals surface area contributed by atoms with Gasteiger partial charge in [-0.3, -0.25) is 9.89 Å². The summed E-state index contributed by atoms with van der Waals surface area (Å²) in [5.74, 6) is -1.26. The second kappa shape index (κ2) is 7.64. The molecule has 11 heteroatoms. The highest BCUT2D eigenvalue weighted by Crippen LogP contribution is 2.44. The molecule has 3 heterocycles. The van der Waals surface area contributed by atoms with Gasteiger partial charge in [-0.2, -0.15) is 10.2 Å². The van der Waals surface area contributed by atoms with Gasteiger partial charge in [-0.15, -0.1) is 0 Å². The fourth-order valence-corrected chi connectivity index (χ4v) is 4.93. The van der Waals surface area contributed by atoms with E-state index in [2.05, 4.69) is 20.6 Å². The molecule has 3 aromatic heterocycles. The summed E-state index contributed by atoms with van der Waals surface area (Å²) in [5.41, 5.74) is 2.63. The topological polar surface area (TPSA) is 98.5 Å². The molecule has 1 aromatic carbocycles. The third-order valence-corrected chi connectivity index (χ3v) is 7.16. The number of carbonyl (C=O) groups excluding carboxylic acids is 1. The molecule has 6 rings (SSSR count). The van der Waals surface area contributed by atoms with Crippen LogP contribution in [0.3, 0.4) is 0 Å². The summed E-state index contributed by atoms with van der Waals surface area (Å²) in [6.45, 7) is 0. The van der Waals surface area contributed by atoms with Gasteiger partial charge in [-0.25, -0.2) is 13.3 Å². The fourth-order valence-electron chi connectivity index (χ4n) is 4.63. The van der Waals surface area contributed by atoms with E-state index in [4.69, 9.17) is 11.6 Å². The van der Waals surface area contributed by atoms with Crippen LogP contribution in [0.15, 0.2) is 30.6 Å². The van der Waals surface area contributed by atoms with Crippen molar-refractivity contribution in [3.8, 4) is 11.1 Å². The molecule has 8 nitrogen and oxygen atoms in total. The van der Waals surface area contributed by atoms with Crippen LogP contribution in [0.25, 0.3) is 27.5 Å². The lowest BCUT2D eigenvalue weighted by molar-refractivity contribution is -0.117. The van der Waals surface area contributed by atoms with Crippen LogP contribution in [0.5, 0.6) is 0 Å². The molecule has 0 spiro atoms. The van der Waals surface area contributed by atoms with Crippen molar-refractivity contribution in [2.45, 2.75) is 37.6 Å². The van der Waals surface area contributed by atoms with Gasteiger partial charge in [0.1, 0.15) is 11.9 Å². The van der Waals surface area contributed by atoms with E-state index in [1.54, 1.807) is 47.1 Å². The van der Waals surface area contributed by atoms with Gasteiger partial charge in [0.25, 0.3) is 0 Å². The van der Waals surface area contributed by atoms with Crippen molar-refractivity contribution < 1.29 is 18.7 Å². The van der Waals surface area contributed by atoms with Crippen molar-refractivity contribution in [2.24, 2.45) is 5.92 Å². The maximum absolute atomic E-state index is 15.6. The lowest BCUT2D eigenvalue weighted by Crippen LogP contribution is -2.45. The second-order valence-corrected chi connectivity index (χ2v) is 9.44. The summed E-state index contributed by atoms with van der Waals surface area (Å²) in [6.07, 6.45) is 3.20. The average molecular weight is 487 g/mol. The number of hydrogen-bond acceptors (Lipinski definition) is 5. The van der Waals surface area contributed by atoms with E-state index < -0.39 is 17.9 Å². The van der Waals surface area contributed by atoms with Gasteiger partial charge >= 0.3 is 0 Å². The molecule has 2 saturated carbocycles. The number of aromatic amines is 1. The Morgan fingerprint density at radius 3 is 2.82 bits per heavy atom. The summed E-state index contributed by atoms with van der Waals surface area (Å²) in [6, 6.07) is 5.22. The first-order chi connectivity index (χ1) is 16.3. The highest BCUT2D eigenvalue weighted by molar-refractivity contribution is 6.36. The van der Waals surface area contributed by atoms with Gasteiger partial charge in [-0.1, -0.05) is 11.6 Å². The predicted molar refractivity (Wildman–Crippen MR) is 124 cm³/mol. The minimum atomic E-state index is -1.09. The Balaban J connectivity index is 1.39. The molecule has 0 aliphatic heterocycles. The first kappa shape index (κ1) is 21.3. The fraction of sp³-hybridized carbons (Fsp3) is 0.348. The van der Waals surface area contributed by atoms with Gasteiger partial charge in [-0.05, 0) is 37.0 Å². The number of nitrogens with zero attached hydrogens (tertiary/aromatic N) is 4. The van der Waals surface area contributed by atoms with E-state index in [1.165, 1.54) is 0 Å². The van der Waals surface area contributed by atoms with Gasteiger partial charge in [0, 0.05) is 36.3 Å². The summed E-state index contributed by atoms with van der Waals surface area (Å²) in [7, 11) is 1.78. The smallest absolute Gasteiger partial charge is 0.231 e. The van der Waals surface area contributed by atoms with Crippen molar-refractivity contribution in [1.82, 2.24) is 19.8 Å². The number of rotatable bonds is 5. The Labute approximate surface area is 197 Å². The van der Waals surface area contributed by atoms with E-state index in [0.29, 0.717) is 51.9 Å². The molecule has 0 saturated heterocycles. The van der Waals surface area contributed by atoms with Gasteiger partial charge < -0.3 is 15.3 Å². The zero-order valence-electron chi connectivity index (χ0n) is 18.1. The number of aromatic nitrogens is 4. The van der Waals surface area contributed by atoms with Crippen LogP contribution in [-0.2, 0) is 4.79 Å². The van der Waals surface area contributed by atoms with Gasteiger partial charge in [0.05, 0.1) is 34.3 Å². The van der Waals surface area contributed by atoms with Gasteiger partial charge in [0.15, 0.2) is 11.6 Å². The van der Waals surface area contributed by atoms with Crippen LogP contribution >= 0.6 is 11.6 Å². The van der Waals surface area contributed by atoms with Crippen LogP contribution in [0.1, 0.15) is 19.3 Å². The number of alkyl halides is 1. The number of amides is 1. The standard InChI is InChI=1S/C23H21ClF2N6O2/c1-31(11-5-13(33)6-11)22-20(26)19(24)18(15-9-27-29-21(15)22)10-2-3-32-12(4-10)7-17(30-32)28-23(34)14-8-16(14)25/h2-4,7,9,11,13-14,16,33H,5-6,8H2,1H3,(H,27,29)(H,28,30,34). The number of hydrogen-bond donors (Lipinski definition) is 3. The molecule has 2 aliphatic rings. The molecule has 1 amide bonds. The third kappa shape index (κ3) is 3.32. The third-order valence-electron chi connectivity index (χ3n) is 6.81. The van der Waals surface area contributed by atoms with E-state index in [9.17, 15) is 14.3 Å². The largest absolute Gasteiger partial charge is 0.393 e. The first-order valence-electron chi connectivity index (χ1n) is 11.0. The monoisotopic (exact) mass is 486 g/mol. The molecule has 2 atom stereocenters. The number of pyridine rings is 1. The van der Waals surface area contributed by atoms with Crippen molar-refractivity contribution in [2.75, 3.05) is 17.3 Å². The molecular formula is C23H21ClF2N6O2. The van der Waals surface area contributed by atoms with E-state index in [1.807, 2.05) is 0 Å². The number of H-pyrrole nitrogens is 1. The number of carbonyl (C=O) groups is 1. The lowest BCUT2D eigenvalue weighted by Gasteiger charge is -2.40. The van der Waals surface area contributed by atoms with E-state index in [0.717, 1.165) is 0 Å². The highest BCUT2D eigenvalue weighted by Gasteiger charge is 2.43. The summed E-state index contributed by atoms with van der Waals surface area (Å²) < 4.78 is 30.3. The number of aliphatic hydroxyl groups excluding tert-OH is 1. The maximum atomic E-state index is 15.6. The molecule has 2 fully saturated rings. The summed E-state index contributed by atoms with van der Waals surface area (Å²) >= 11 is 6.58. The molecule has 2 aliphatic carbocycles. The predicted octanol–water partition coefficient (Wildman–Crippen LogP) is 3.93. The van der Waals surface area contributed by atoms with Crippen molar-refractivity contribution in [3.05, 3.63) is 41.4 Å². The summed E-state index contributed by atoms with van der Waals surface area (Å²) in [5, 5.41) is 24.3. The molecule has 176 valence electrons. The average Bonchev–Trinajstić information content (AvgIpc) is 3.15. The first-order valence-corrected chi connectivity index (χ1v) is 11.4. The Kier molecular flexibility index (Phi) is 4.79. The molecule has 0 radical (unpaired) electrons. The lowest BCUT2D eigenvalue weighted by atomic mass is 9.87. The SMILES string of the molecule is CN(c1c(F)c(Cl)c(-c2ccn3nc(NC(=O)C4CC4F)cc3c2)c2cn[nH]c12)C1CC(O)C1. The highest BCUT2D eigenvalue weighted by atomic mass is 35.5. The number of fused-ring (bicyclic) bond motifs is 2. The van der Waals surface area contributed by atoms with Crippen LogP contribution < -0.4 is 10.2 Å². The molecule has 34 heavy (non-hydrogen) atoms. The molecule has 3 N–H and O–H groups in total. The Morgan fingerprint density at radius 1 is 1.35 bits per heavy atom. The molecule has 0 bridgehead atoms. The Morgan fingerprint density at radius 2 is 2.12 bits per heavy atom. The minimum Gasteiger partial charge on any atom is -0.393 e. The quantitative estimate of drug-likeness (QED) is 0.397. The van der Waals surface area contributed by atoms with Crippen LogP contribution in [-0.4, -0.2) is 56.2 Å². The number of aliphatic hydroxyl groups is 1.